The minimum absolute atomic E-state index is 0.105. The molecule has 1 fully saturated rings. The van der Waals surface area contributed by atoms with Crippen LogP contribution in [-0.4, -0.2) is 24.9 Å². The monoisotopic (exact) mass is 291 g/mol. The van der Waals surface area contributed by atoms with Gasteiger partial charge in [-0.1, -0.05) is 26.0 Å². The van der Waals surface area contributed by atoms with Crippen molar-refractivity contribution >= 4 is 0 Å². The van der Waals surface area contributed by atoms with Crippen molar-refractivity contribution in [2.45, 2.75) is 52.2 Å². The van der Waals surface area contributed by atoms with E-state index >= 15 is 0 Å². The first-order chi connectivity index (χ1) is 9.91. The SMILES string of the molecule is COc1ccc(C(NCC(C)(C)CC(C)O)C2CC2)cc1. The maximum Gasteiger partial charge on any atom is 0.118 e. The molecule has 3 heteroatoms. The zero-order chi connectivity index (χ0) is 15.5. The van der Waals surface area contributed by atoms with Crippen molar-refractivity contribution in [2.75, 3.05) is 13.7 Å². The van der Waals surface area contributed by atoms with Gasteiger partial charge in [0, 0.05) is 12.6 Å². The second-order valence-corrected chi connectivity index (χ2v) is 7.19. The zero-order valence-electron chi connectivity index (χ0n) is 13.7. The van der Waals surface area contributed by atoms with Crippen LogP contribution in [0, 0.1) is 11.3 Å². The lowest BCUT2D eigenvalue weighted by Crippen LogP contribution is -2.35. The third-order valence-electron chi connectivity index (χ3n) is 4.22. The van der Waals surface area contributed by atoms with Gasteiger partial charge in [0.25, 0.3) is 0 Å². The Kier molecular flexibility index (Phi) is 5.28. The number of rotatable bonds is 8. The van der Waals surface area contributed by atoms with Crippen LogP contribution in [0.15, 0.2) is 24.3 Å². The van der Waals surface area contributed by atoms with E-state index in [0.29, 0.717) is 6.04 Å². The molecule has 1 aliphatic rings. The van der Waals surface area contributed by atoms with Gasteiger partial charge in [0.05, 0.1) is 13.2 Å². The molecule has 118 valence electrons. The molecule has 1 aromatic rings. The normalized spacial score (nSPS) is 18.3. The first-order valence-electron chi connectivity index (χ1n) is 7.97. The van der Waals surface area contributed by atoms with Crippen molar-refractivity contribution in [1.82, 2.24) is 5.32 Å². The Morgan fingerprint density at radius 3 is 2.38 bits per heavy atom. The fourth-order valence-corrected chi connectivity index (χ4v) is 3.06. The lowest BCUT2D eigenvalue weighted by atomic mass is 9.86. The van der Waals surface area contributed by atoms with Crippen LogP contribution in [0.3, 0.4) is 0 Å². The molecule has 1 aliphatic carbocycles. The first kappa shape index (κ1) is 16.3. The summed E-state index contributed by atoms with van der Waals surface area (Å²) in [6.07, 6.45) is 3.18. The van der Waals surface area contributed by atoms with Gasteiger partial charge in [0.15, 0.2) is 0 Å². The fraction of sp³-hybridized carbons (Fsp3) is 0.667. The summed E-state index contributed by atoms with van der Waals surface area (Å²) in [7, 11) is 1.70. The van der Waals surface area contributed by atoms with Crippen LogP contribution in [-0.2, 0) is 0 Å². The molecule has 0 spiro atoms. The second kappa shape index (κ2) is 6.80. The molecular formula is C18H29NO2. The number of nitrogens with one attached hydrogen (secondary N) is 1. The van der Waals surface area contributed by atoms with E-state index in [1.807, 2.05) is 19.1 Å². The van der Waals surface area contributed by atoms with Crippen LogP contribution in [0.25, 0.3) is 0 Å². The van der Waals surface area contributed by atoms with Crippen LogP contribution in [0.5, 0.6) is 5.75 Å². The molecule has 21 heavy (non-hydrogen) atoms. The van der Waals surface area contributed by atoms with Crippen LogP contribution >= 0.6 is 0 Å². The van der Waals surface area contributed by atoms with E-state index in [1.165, 1.54) is 18.4 Å². The van der Waals surface area contributed by atoms with E-state index in [2.05, 4.69) is 31.3 Å². The van der Waals surface area contributed by atoms with Crippen molar-refractivity contribution in [3.05, 3.63) is 29.8 Å². The molecule has 0 radical (unpaired) electrons. The Morgan fingerprint density at radius 1 is 1.29 bits per heavy atom. The van der Waals surface area contributed by atoms with Crippen LogP contribution in [0.4, 0.5) is 0 Å². The Morgan fingerprint density at radius 2 is 1.90 bits per heavy atom. The standard InChI is InChI=1S/C18H29NO2/c1-13(20)11-18(2,3)12-19-17(14-5-6-14)15-7-9-16(21-4)10-8-15/h7-10,13-14,17,19-20H,5-6,11-12H2,1-4H3. The smallest absolute Gasteiger partial charge is 0.118 e. The summed E-state index contributed by atoms with van der Waals surface area (Å²) in [5.41, 5.74) is 1.44. The zero-order valence-corrected chi connectivity index (χ0v) is 13.7. The molecule has 2 N–H and O–H groups in total. The van der Waals surface area contributed by atoms with Crippen molar-refractivity contribution in [2.24, 2.45) is 11.3 Å². The Balaban J connectivity index is 1.99. The van der Waals surface area contributed by atoms with Crippen LogP contribution in [0.2, 0.25) is 0 Å². The molecule has 2 rings (SSSR count). The third kappa shape index (κ3) is 5.01. The molecule has 0 bridgehead atoms. The summed E-state index contributed by atoms with van der Waals surface area (Å²) in [6.45, 7) is 7.21. The van der Waals surface area contributed by atoms with Crippen LogP contribution < -0.4 is 10.1 Å². The molecule has 0 aromatic heterocycles. The number of aliphatic hydroxyl groups is 1. The molecule has 0 heterocycles. The molecule has 0 amide bonds. The summed E-state index contributed by atoms with van der Waals surface area (Å²) >= 11 is 0. The van der Waals surface area contributed by atoms with Gasteiger partial charge in [-0.3, -0.25) is 0 Å². The van der Waals surface area contributed by atoms with E-state index in [1.54, 1.807) is 7.11 Å². The number of hydrogen-bond acceptors (Lipinski definition) is 3. The molecule has 1 aromatic carbocycles. The lowest BCUT2D eigenvalue weighted by Gasteiger charge is -2.30. The van der Waals surface area contributed by atoms with E-state index in [-0.39, 0.29) is 11.5 Å². The average molecular weight is 291 g/mol. The molecule has 0 saturated heterocycles. The molecular weight excluding hydrogens is 262 g/mol. The minimum atomic E-state index is -0.248. The van der Waals surface area contributed by atoms with Gasteiger partial charge in [0.1, 0.15) is 5.75 Å². The highest BCUT2D eigenvalue weighted by Crippen LogP contribution is 2.41. The van der Waals surface area contributed by atoms with Gasteiger partial charge in [0.2, 0.25) is 0 Å². The van der Waals surface area contributed by atoms with Crippen molar-refractivity contribution in [3.8, 4) is 5.75 Å². The van der Waals surface area contributed by atoms with Gasteiger partial charge < -0.3 is 15.2 Å². The highest BCUT2D eigenvalue weighted by molar-refractivity contribution is 5.30. The highest BCUT2D eigenvalue weighted by Gasteiger charge is 2.33. The maximum atomic E-state index is 9.61. The summed E-state index contributed by atoms with van der Waals surface area (Å²) in [5.74, 6) is 1.66. The third-order valence-corrected chi connectivity index (χ3v) is 4.22. The molecule has 0 aliphatic heterocycles. The van der Waals surface area contributed by atoms with E-state index in [0.717, 1.165) is 24.6 Å². The molecule has 2 unspecified atom stereocenters. The van der Waals surface area contributed by atoms with E-state index < -0.39 is 0 Å². The Bertz CT molecular complexity index is 435. The van der Waals surface area contributed by atoms with Gasteiger partial charge in [-0.25, -0.2) is 0 Å². The van der Waals surface area contributed by atoms with Crippen molar-refractivity contribution in [1.29, 1.82) is 0 Å². The van der Waals surface area contributed by atoms with Crippen molar-refractivity contribution < 1.29 is 9.84 Å². The van der Waals surface area contributed by atoms with Gasteiger partial charge >= 0.3 is 0 Å². The molecule has 2 atom stereocenters. The minimum Gasteiger partial charge on any atom is -0.497 e. The van der Waals surface area contributed by atoms with Gasteiger partial charge in [-0.15, -0.1) is 0 Å². The number of ether oxygens (including phenoxy) is 1. The Hall–Kier alpha value is -1.06. The maximum absolute atomic E-state index is 9.61. The first-order valence-corrected chi connectivity index (χ1v) is 7.97. The van der Waals surface area contributed by atoms with Crippen LogP contribution in [0.1, 0.15) is 51.6 Å². The topological polar surface area (TPSA) is 41.5 Å². The number of benzene rings is 1. The van der Waals surface area contributed by atoms with E-state index in [9.17, 15) is 5.11 Å². The number of aliphatic hydroxyl groups excluding tert-OH is 1. The quantitative estimate of drug-likeness (QED) is 0.770. The summed E-state index contributed by atoms with van der Waals surface area (Å²) in [6, 6.07) is 8.82. The number of methoxy groups -OCH3 is 1. The average Bonchev–Trinajstić information content (AvgIpc) is 3.22. The number of hydrogen-bond donors (Lipinski definition) is 2. The molecule has 3 nitrogen and oxygen atoms in total. The summed E-state index contributed by atoms with van der Waals surface area (Å²) < 4.78 is 5.23. The summed E-state index contributed by atoms with van der Waals surface area (Å²) in [5, 5.41) is 13.3. The highest BCUT2D eigenvalue weighted by atomic mass is 16.5. The van der Waals surface area contributed by atoms with Crippen molar-refractivity contribution in [3.63, 3.8) is 0 Å². The fourth-order valence-electron chi connectivity index (χ4n) is 3.06. The predicted molar refractivity (Wildman–Crippen MR) is 86.5 cm³/mol. The summed E-state index contributed by atoms with van der Waals surface area (Å²) in [4.78, 5) is 0. The molecule has 1 saturated carbocycles. The largest absolute Gasteiger partial charge is 0.497 e. The van der Waals surface area contributed by atoms with Gasteiger partial charge in [-0.05, 0) is 55.2 Å². The Labute approximate surface area is 128 Å². The predicted octanol–water partition coefficient (Wildman–Crippen LogP) is 3.53. The van der Waals surface area contributed by atoms with Gasteiger partial charge in [-0.2, -0.15) is 0 Å². The lowest BCUT2D eigenvalue weighted by molar-refractivity contribution is 0.126. The second-order valence-electron chi connectivity index (χ2n) is 7.19. The van der Waals surface area contributed by atoms with E-state index in [4.69, 9.17) is 4.74 Å².